The summed E-state index contributed by atoms with van der Waals surface area (Å²) in [4.78, 5) is 7.47. The summed E-state index contributed by atoms with van der Waals surface area (Å²) in [6.07, 6.45) is 4.65. The highest BCUT2D eigenvalue weighted by Crippen LogP contribution is 2.46. The molecular formula is C22H25N3OS2. The van der Waals surface area contributed by atoms with Crippen LogP contribution in [-0.2, 0) is 0 Å². The highest BCUT2D eigenvalue weighted by Gasteiger charge is 2.28. The van der Waals surface area contributed by atoms with Crippen LogP contribution in [0.4, 0.5) is 5.69 Å². The second-order valence-electron chi connectivity index (χ2n) is 7.52. The molecule has 2 aromatic heterocycles. The molecule has 1 aliphatic carbocycles. The van der Waals surface area contributed by atoms with Crippen molar-refractivity contribution in [1.29, 1.82) is 0 Å². The number of nitrogens with one attached hydrogen (secondary N) is 1. The number of thiazole rings is 1. The number of rotatable bonds is 4. The van der Waals surface area contributed by atoms with Crippen molar-refractivity contribution < 1.29 is 4.55 Å². The number of anilines is 1. The number of nitrogens with zero attached hydrogens (tertiary/aromatic N) is 2. The van der Waals surface area contributed by atoms with Gasteiger partial charge in [0, 0.05) is 17.5 Å². The smallest absolute Gasteiger partial charge is 0.233 e. The molecule has 2 heterocycles. The molecule has 1 unspecified atom stereocenters. The number of hydrogen-bond donors (Lipinski definition) is 1. The molecule has 0 bridgehead atoms. The first kappa shape index (κ1) is 19.4. The van der Waals surface area contributed by atoms with Crippen LogP contribution < -0.4 is 5.32 Å². The number of thiophene rings is 1. The minimum absolute atomic E-state index is 0.420. The number of aromatic nitrogens is 1. The van der Waals surface area contributed by atoms with Gasteiger partial charge >= 0.3 is 0 Å². The summed E-state index contributed by atoms with van der Waals surface area (Å²) in [6, 6.07) is 7.22. The molecule has 0 spiro atoms. The molecular weight excluding hydrogens is 386 g/mol. The minimum atomic E-state index is -1.28. The Morgan fingerprint density at radius 3 is 2.68 bits per heavy atom. The van der Waals surface area contributed by atoms with E-state index in [9.17, 15) is 4.55 Å². The first-order valence-corrected chi connectivity index (χ1v) is 11.7. The summed E-state index contributed by atoms with van der Waals surface area (Å²) in [5.74, 6) is 6.02. The van der Waals surface area contributed by atoms with Crippen LogP contribution in [0.5, 0.6) is 0 Å². The lowest BCUT2D eigenvalue weighted by molar-refractivity contribution is 0.221. The average Bonchev–Trinajstić information content (AvgIpc) is 3.30. The molecule has 4 rings (SSSR count). The van der Waals surface area contributed by atoms with E-state index < -0.39 is 10.8 Å². The lowest BCUT2D eigenvalue weighted by Crippen LogP contribution is -2.36. The largest absolute Gasteiger partial charge is 0.589 e. The van der Waals surface area contributed by atoms with Gasteiger partial charge in [-0.05, 0) is 75.5 Å². The van der Waals surface area contributed by atoms with Crippen LogP contribution in [0.2, 0.25) is 0 Å². The molecule has 1 atom stereocenters. The van der Waals surface area contributed by atoms with Crippen molar-refractivity contribution in [3.63, 3.8) is 0 Å². The van der Waals surface area contributed by atoms with Gasteiger partial charge in [-0.3, -0.25) is 0 Å². The third kappa shape index (κ3) is 3.56. The Labute approximate surface area is 173 Å². The normalized spacial score (nSPS) is 20.2. The van der Waals surface area contributed by atoms with Gasteiger partial charge in [-0.25, -0.2) is 4.98 Å². The van der Waals surface area contributed by atoms with Crippen molar-refractivity contribution in [3.8, 4) is 23.1 Å². The maximum atomic E-state index is 13.4. The molecule has 3 aromatic rings. The molecule has 0 amide bonds. The van der Waals surface area contributed by atoms with E-state index in [1.54, 1.807) is 18.3 Å². The highest BCUT2D eigenvalue weighted by atomic mass is 32.2. The molecule has 1 saturated carbocycles. The third-order valence-corrected chi connectivity index (χ3v) is 7.67. The second-order valence-corrected chi connectivity index (χ2v) is 9.59. The predicted octanol–water partition coefficient (Wildman–Crippen LogP) is 5.35. The van der Waals surface area contributed by atoms with Gasteiger partial charge in [-0.1, -0.05) is 12.0 Å². The fourth-order valence-corrected chi connectivity index (χ4v) is 6.17. The van der Waals surface area contributed by atoms with E-state index in [2.05, 4.69) is 47.2 Å². The molecule has 6 heteroatoms. The fourth-order valence-electron chi connectivity index (χ4n) is 4.13. The molecule has 4 nitrogen and oxygen atoms in total. The fraction of sp³-hybridized carbons (Fsp3) is 0.409. The van der Waals surface area contributed by atoms with Gasteiger partial charge in [0.25, 0.3) is 0 Å². The Morgan fingerprint density at radius 1 is 1.25 bits per heavy atom. The molecule has 0 aliphatic heterocycles. The Hall–Kier alpha value is -1.91. The van der Waals surface area contributed by atoms with Gasteiger partial charge in [0.05, 0.1) is 27.8 Å². The Bertz CT molecular complexity index is 1020. The van der Waals surface area contributed by atoms with E-state index in [1.165, 1.54) is 12.8 Å². The standard InChI is InChI=1S/C22H25N3OS2/c1-4-6-20-21(19-13-27-14-23-19)17-7-5-8-18(22(17)28(20)26)24-15-9-11-16(12-10-15)25(2)3/h5,7-8,13-16,24H,9-12H2,1-3H3. The maximum absolute atomic E-state index is 13.4. The van der Waals surface area contributed by atoms with E-state index in [-0.39, 0.29) is 0 Å². The van der Waals surface area contributed by atoms with Crippen molar-refractivity contribution in [3.05, 3.63) is 34.0 Å². The monoisotopic (exact) mass is 411 g/mol. The van der Waals surface area contributed by atoms with Crippen LogP contribution in [0.25, 0.3) is 21.3 Å². The topological polar surface area (TPSA) is 51.2 Å². The number of fused-ring (bicyclic) bond motifs is 1. The lowest BCUT2D eigenvalue weighted by Gasteiger charge is -2.33. The third-order valence-electron chi connectivity index (χ3n) is 5.60. The first-order valence-electron chi connectivity index (χ1n) is 9.64. The molecule has 0 saturated heterocycles. The van der Waals surface area contributed by atoms with Gasteiger partial charge in [-0.2, -0.15) is 0 Å². The molecule has 28 heavy (non-hydrogen) atoms. The predicted molar refractivity (Wildman–Crippen MR) is 120 cm³/mol. The van der Waals surface area contributed by atoms with Crippen molar-refractivity contribution in [2.24, 2.45) is 0 Å². The molecule has 146 valence electrons. The van der Waals surface area contributed by atoms with Crippen LogP contribution in [0.3, 0.4) is 0 Å². The SMILES string of the molecule is CC#Cc1c(-c2cscn2)c2cccc(NC3CCC(N(C)C)CC3)c2[s+]1[O-]. The summed E-state index contributed by atoms with van der Waals surface area (Å²) >= 11 is 1.55. The Balaban J connectivity index is 1.73. The van der Waals surface area contributed by atoms with Crippen molar-refractivity contribution in [1.82, 2.24) is 9.88 Å². The summed E-state index contributed by atoms with van der Waals surface area (Å²) < 4.78 is 14.2. The maximum Gasteiger partial charge on any atom is 0.233 e. The summed E-state index contributed by atoms with van der Waals surface area (Å²) in [5.41, 5.74) is 4.57. The van der Waals surface area contributed by atoms with Gasteiger partial charge in [0.1, 0.15) is 0 Å². The van der Waals surface area contributed by atoms with E-state index in [4.69, 9.17) is 0 Å². The van der Waals surface area contributed by atoms with Crippen LogP contribution in [0, 0.1) is 11.8 Å². The van der Waals surface area contributed by atoms with E-state index in [1.807, 2.05) is 23.0 Å². The van der Waals surface area contributed by atoms with E-state index in [0.717, 1.165) is 39.9 Å². The van der Waals surface area contributed by atoms with E-state index >= 15 is 0 Å². The zero-order valence-corrected chi connectivity index (χ0v) is 18.1. The van der Waals surface area contributed by atoms with Crippen LogP contribution in [0.1, 0.15) is 37.5 Å². The van der Waals surface area contributed by atoms with Crippen LogP contribution in [0.15, 0.2) is 29.1 Å². The average molecular weight is 412 g/mol. The van der Waals surface area contributed by atoms with Crippen molar-refractivity contribution in [2.75, 3.05) is 19.4 Å². The molecule has 1 fully saturated rings. The Morgan fingerprint density at radius 2 is 2.04 bits per heavy atom. The molecule has 1 N–H and O–H groups in total. The van der Waals surface area contributed by atoms with Gasteiger partial charge in [0.15, 0.2) is 0 Å². The summed E-state index contributed by atoms with van der Waals surface area (Å²) in [5, 5.41) is 6.69. The lowest BCUT2D eigenvalue weighted by atomic mass is 9.90. The van der Waals surface area contributed by atoms with Crippen LogP contribution in [-0.4, -0.2) is 40.6 Å². The summed E-state index contributed by atoms with van der Waals surface area (Å²) in [6.45, 7) is 1.79. The number of hydrogen-bond acceptors (Lipinski definition) is 5. The van der Waals surface area contributed by atoms with Gasteiger partial charge in [-0.15, -0.1) is 11.3 Å². The molecule has 0 radical (unpaired) electrons. The van der Waals surface area contributed by atoms with Gasteiger partial charge in [0.2, 0.25) is 9.58 Å². The minimum Gasteiger partial charge on any atom is -0.589 e. The van der Waals surface area contributed by atoms with Gasteiger partial charge < -0.3 is 14.8 Å². The highest BCUT2D eigenvalue weighted by molar-refractivity contribution is 7.33. The van der Waals surface area contributed by atoms with Crippen LogP contribution >= 0.6 is 22.1 Å². The number of benzene rings is 1. The summed E-state index contributed by atoms with van der Waals surface area (Å²) in [7, 11) is 3.04. The zero-order chi connectivity index (χ0) is 19.7. The Kier molecular flexibility index (Phi) is 5.70. The molecule has 1 aromatic carbocycles. The molecule has 1 aliphatic rings. The van der Waals surface area contributed by atoms with E-state index in [0.29, 0.717) is 17.0 Å². The first-order chi connectivity index (χ1) is 13.6. The van der Waals surface area contributed by atoms with Crippen molar-refractivity contribution >= 4 is 37.9 Å². The zero-order valence-electron chi connectivity index (χ0n) is 16.5. The second kappa shape index (κ2) is 8.22. The van der Waals surface area contributed by atoms with Crippen molar-refractivity contribution in [2.45, 2.75) is 44.7 Å². The quantitative estimate of drug-likeness (QED) is 0.465.